The maximum atomic E-state index is 13.2. The van der Waals surface area contributed by atoms with Crippen LogP contribution in [0.15, 0.2) is 73.1 Å². The molecule has 9 heteroatoms. The second-order valence-electron chi connectivity index (χ2n) is 7.66. The zero-order chi connectivity index (χ0) is 24.1. The van der Waals surface area contributed by atoms with Crippen LogP contribution in [0.1, 0.15) is 37.2 Å². The Labute approximate surface area is 201 Å². The summed E-state index contributed by atoms with van der Waals surface area (Å²) in [5.41, 5.74) is 2.37. The van der Waals surface area contributed by atoms with Crippen molar-refractivity contribution in [1.29, 1.82) is 0 Å². The lowest BCUT2D eigenvalue weighted by atomic mass is 10.00. The van der Waals surface area contributed by atoms with Crippen LogP contribution in [0.3, 0.4) is 0 Å². The summed E-state index contributed by atoms with van der Waals surface area (Å²) in [5.74, 6) is -1.46. The summed E-state index contributed by atoms with van der Waals surface area (Å²) in [6.07, 6.45) is 2.37. The van der Waals surface area contributed by atoms with Crippen LogP contribution >= 0.6 is 11.6 Å². The minimum atomic E-state index is -0.889. The number of benzene rings is 2. The number of hydrogen-bond acceptors (Lipinski definition) is 6. The molecule has 1 aromatic heterocycles. The topological polar surface area (TPSA) is 107 Å². The number of fused-ring (bicyclic) bond motifs is 1. The largest absolute Gasteiger partial charge is 0.430 e. The number of hydrogen-bond donors (Lipinski definition) is 2. The van der Waals surface area contributed by atoms with Crippen molar-refractivity contribution in [2.24, 2.45) is 0 Å². The van der Waals surface area contributed by atoms with Crippen LogP contribution in [-0.2, 0) is 20.7 Å². The number of pyridine rings is 1. The van der Waals surface area contributed by atoms with E-state index in [1.165, 1.54) is 19.4 Å². The van der Waals surface area contributed by atoms with E-state index in [-0.39, 0.29) is 12.0 Å². The minimum Gasteiger partial charge on any atom is -0.430 e. The number of alkyl halides is 1. The van der Waals surface area contributed by atoms with Gasteiger partial charge in [0.15, 0.2) is 0 Å². The molecule has 0 spiro atoms. The molecule has 174 valence electrons. The molecule has 0 radical (unpaired) electrons. The molecule has 2 heterocycles. The summed E-state index contributed by atoms with van der Waals surface area (Å²) >= 11 is 6.35. The summed E-state index contributed by atoms with van der Waals surface area (Å²) in [7, 11) is 1.40. The SMILES string of the molecule is COC1OC(=O)c2cc(NC(=O)[C@H](Cc3ccccc3)NC(=O)c3cccnc3)ccc2C1Cl. The third-order valence-corrected chi connectivity index (χ3v) is 5.80. The van der Waals surface area contributed by atoms with E-state index in [2.05, 4.69) is 15.6 Å². The zero-order valence-electron chi connectivity index (χ0n) is 18.2. The number of ether oxygens (including phenoxy) is 2. The molecule has 0 saturated carbocycles. The first-order chi connectivity index (χ1) is 16.5. The number of halogens is 1. The number of aromatic nitrogens is 1. The summed E-state index contributed by atoms with van der Waals surface area (Å²) in [6, 6.07) is 16.5. The summed E-state index contributed by atoms with van der Waals surface area (Å²) in [5, 5.41) is 4.88. The average Bonchev–Trinajstić information content (AvgIpc) is 2.86. The first-order valence-corrected chi connectivity index (χ1v) is 11.0. The normalized spacial score (nSPS) is 17.8. The van der Waals surface area contributed by atoms with Crippen molar-refractivity contribution >= 4 is 35.1 Å². The standard InChI is InChI=1S/C25H22ClN3O5/c1-33-25-21(26)18-10-9-17(13-19(18)24(32)34-25)28-23(31)20(12-15-6-3-2-4-7-15)29-22(30)16-8-5-11-27-14-16/h2-11,13-14,20-21,25H,12H2,1H3,(H,28,31)(H,29,30)/t20-,21?,25?/m0/s1. The van der Waals surface area contributed by atoms with Gasteiger partial charge in [0, 0.05) is 31.6 Å². The predicted molar refractivity (Wildman–Crippen MR) is 126 cm³/mol. The Balaban J connectivity index is 1.55. The fourth-order valence-electron chi connectivity index (χ4n) is 3.62. The van der Waals surface area contributed by atoms with Crippen LogP contribution in [0, 0.1) is 0 Å². The highest BCUT2D eigenvalue weighted by molar-refractivity contribution is 6.22. The molecule has 2 unspecified atom stereocenters. The number of carbonyl (C=O) groups is 3. The number of rotatable bonds is 7. The van der Waals surface area contributed by atoms with Crippen LogP contribution in [0.25, 0.3) is 0 Å². The predicted octanol–water partition coefficient (Wildman–Crippen LogP) is 3.48. The highest BCUT2D eigenvalue weighted by Crippen LogP contribution is 2.36. The van der Waals surface area contributed by atoms with E-state index in [1.54, 1.807) is 30.5 Å². The highest BCUT2D eigenvalue weighted by atomic mass is 35.5. The third kappa shape index (κ3) is 5.24. The maximum absolute atomic E-state index is 13.2. The maximum Gasteiger partial charge on any atom is 0.340 e. The number of nitrogens with one attached hydrogen (secondary N) is 2. The zero-order valence-corrected chi connectivity index (χ0v) is 19.0. The average molecular weight is 480 g/mol. The Morgan fingerprint density at radius 2 is 1.94 bits per heavy atom. The van der Waals surface area contributed by atoms with Gasteiger partial charge in [-0.15, -0.1) is 11.6 Å². The number of carbonyl (C=O) groups excluding carboxylic acids is 3. The van der Waals surface area contributed by atoms with Crippen molar-refractivity contribution in [3.8, 4) is 0 Å². The number of amides is 2. The molecule has 34 heavy (non-hydrogen) atoms. The Hall–Kier alpha value is -3.75. The van der Waals surface area contributed by atoms with Crippen molar-refractivity contribution in [2.75, 3.05) is 12.4 Å². The Morgan fingerprint density at radius 1 is 1.15 bits per heavy atom. The van der Waals surface area contributed by atoms with Gasteiger partial charge in [-0.05, 0) is 35.4 Å². The third-order valence-electron chi connectivity index (χ3n) is 5.36. The number of methoxy groups -OCH3 is 1. The Bertz CT molecular complexity index is 1190. The smallest absolute Gasteiger partial charge is 0.340 e. The molecule has 0 saturated heterocycles. The van der Waals surface area contributed by atoms with Gasteiger partial charge < -0.3 is 20.1 Å². The molecule has 4 rings (SSSR count). The fourth-order valence-corrected chi connectivity index (χ4v) is 3.97. The molecule has 0 bridgehead atoms. The lowest BCUT2D eigenvalue weighted by molar-refractivity contribution is -0.118. The van der Waals surface area contributed by atoms with Crippen molar-refractivity contribution < 1.29 is 23.9 Å². The van der Waals surface area contributed by atoms with Crippen LogP contribution in [-0.4, -0.2) is 42.2 Å². The van der Waals surface area contributed by atoms with Crippen molar-refractivity contribution in [1.82, 2.24) is 10.3 Å². The highest BCUT2D eigenvalue weighted by Gasteiger charge is 2.35. The summed E-state index contributed by atoms with van der Waals surface area (Å²) in [6.45, 7) is 0. The van der Waals surface area contributed by atoms with Crippen LogP contribution in [0.4, 0.5) is 5.69 Å². The summed E-state index contributed by atoms with van der Waals surface area (Å²) < 4.78 is 10.3. The molecule has 8 nitrogen and oxygen atoms in total. The molecule has 0 fully saturated rings. The molecule has 0 aliphatic carbocycles. The first-order valence-electron chi connectivity index (χ1n) is 10.5. The van der Waals surface area contributed by atoms with Gasteiger partial charge in [0.25, 0.3) is 5.91 Å². The van der Waals surface area contributed by atoms with E-state index in [9.17, 15) is 14.4 Å². The van der Waals surface area contributed by atoms with Gasteiger partial charge in [-0.2, -0.15) is 0 Å². The van der Waals surface area contributed by atoms with E-state index in [0.717, 1.165) is 5.56 Å². The molecular weight excluding hydrogens is 458 g/mol. The minimum absolute atomic E-state index is 0.241. The number of cyclic esters (lactones) is 1. The molecule has 2 aromatic carbocycles. The van der Waals surface area contributed by atoms with Crippen LogP contribution < -0.4 is 10.6 Å². The van der Waals surface area contributed by atoms with E-state index >= 15 is 0 Å². The van der Waals surface area contributed by atoms with Crippen molar-refractivity contribution in [2.45, 2.75) is 24.1 Å². The molecule has 2 amide bonds. The Kier molecular flexibility index (Phi) is 7.20. The molecule has 1 aliphatic heterocycles. The van der Waals surface area contributed by atoms with E-state index in [4.69, 9.17) is 21.1 Å². The molecule has 1 aliphatic rings. The van der Waals surface area contributed by atoms with E-state index in [0.29, 0.717) is 16.8 Å². The van der Waals surface area contributed by atoms with Gasteiger partial charge in [-0.3, -0.25) is 14.6 Å². The van der Waals surface area contributed by atoms with Gasteiger partial charge in [-0.25, -0.2) is 4.79 Å². The van der Waals surface area contributed by atoms with Gasteiger partial charge >= 0.3 is 5.97 Å². The monoisotopic (exact) mass is 479 g/mol. The lowest BCUT2D eigenvalue weighted by Gasteiger charge is -2.28. The lowest BCUT2D eigenvalue weighted by Crippen LogP contribution is -2.45. The van der Waals surface area contributed by atoms with Crippen molar-refractivity contribution in [3.05, 3.63) is 95.3 Å². The Morgan fingerprint density at radius 3 is 2.65 bits per heavy atom. The number of anilines is 1. The number of nitrogens with zero attached hydrogens (tertiary/aromatic N) is 1. The second kappa shape index (κ2) is 10.5. The van der Waals surface area contributed by atoms with E-state index in [1.807, 2.05) is 30.3 Å². The van der Waals surface area contributed by atoms with E-state index < -0.39 is 35.5 Å². The van der Waals surface area contributed by atoms with Gasteiger partial charge in [0.1, 0.15) is 11.4 Å². The molecular formula is C25H22ClN3O5. The van der Waals surface area contributed by atoms with Gasteiger partial charge in [0.05, 0.1) is 11.1 Å². The van der Waals surface area contributed by atoms with Crippen LogP contribution in [0.2, 0.25) is 0 Å². The second-order valence-corrected chi connectivity index (χ2v) is 8.13. The van der Waals surface area contributed by atoms with Crippen LogP contribution in [0.5, 0.6) is 0 Å². The van der Waals surface area contributed by atoms with Gasteiger partial charge in [0.2, 0.25) is 12.2 Å². The molecule has 3 atom stereocenters. The van der Waals surface area contributed by atoms with Gasteiger partial charge in [-0.1, -0.05) is 36.4 Å². The quantitative estimate of drug-likeness (QED) is 0.397. The molecule has 3 aromatic rings. The summed E-state index contributed by atoms with van der Waals surface area (Å²) in [4.78, 5) is 42.2. The fraction of sp³-hybridized carbons (Fsp3) is 0.200. The molecule has 2 N–H and O–H groups in total. The number of esters is 1. The first kappa shape index (κ1) is 23.4. The van der Waals surface area contributed by atoms with Crippen molar-refractivity contribution in [3.63, 3.8) is 0 Å².